The maximum Gasteiger partial charge on any atom is 0.224 e. The van der Waals surface area contributed by atoms with E-state index in [2.05, 4.69) is 15.3 Å². The smallest absolute Gasteiger partial charge is 0.224 e. The molecule has 0 aromatic carbocycles. The summed E-state index contributed by atoms with van der Waals surface area (Å²) in [5.41, 5.74) is 5.92. The van der Waals surface area contributed by atoms with Crippen LogP contribution in [0, 0.1) is 11.3 Å². The molecule has 1 saturated carbocycles. The molecule has 3 N–H and O–H groups in total. The van der Waals surface area contributed by atoms with Gasteiger partial charge in [0.05, 0.1) is 12.3 Å². The molecule has 20 heavy (non-hydrogen) atoms. The molecule has 1 aromatic rings. The molecule has 2 rings (SSSR count). The van der Waals surface area contributed by atoms with Gasteiger partial charge < -0.3 is 15.8 Å². The van der Waals surface area contributed by atoms with E-state index >= 15 is 0 Å². The zero-order valence-electron chi connectivity index (χ0n) is 11.6. The number of nitrogens with zero attached hydrogens (tertiary/aromatic N) is 3. The summed E-state index contributed by atoms with van der Waals surface area (Å²) in [6.45, 7) is 1.49. The van der Waals surface area contributed by atoms with Crippen LogP contribution in [0.4, 0.5) is 11.8 Å². The normalized spacial score (nSPS) is 15.8. The Morgan fingerprint density at radius 3 is 2.90 bits per heavy atom. The van der Waals surface area contributed by atoms with Gasteiger partial charge >= 0.3 is 0 Å². The number of nitrogens with two attached hydrogens (primary N) is 1. The van der Waals surface area contributed by atoms with Crippen molar-refractivity contribution in [3.63, 3.8) is 0 Å². The van der Waals surface area contributed by atoms with E-state index in [1.807, 2.05) is 6.07 Å². The molecule has 0 unspecified atom stereocenters. The fraction of sp³-hybridized carbons (Fsp3) is 0.643. The zero-order valence-corrected chi connectivity index (χ0v) is 11.6. The molecular formula is C14H21N5O. The van der Waals surface area contributed by atoms with Gasteiger partial charge in [0.25, 0.3) is 0 Å². The fourth-order valence-electron chi connectivity index (χ4n) is 2.32. The third-order valence-corrected chi connectivity index (χ3v) is 3.45. The first-order chi connectivity index (χ1) is 9.79. The summed E-state index contributed by atoms with van der Waals surface area (Å²) in [7, 11) is 0. The molecule has 1 aromatic heterocycles. The standard InChI is InChI=1S/C14H21N5O/c15-9-11-10-18-14(19-13(11)16)17-7-4-8-20-12-5-2-1-3-6-12/h10,12H,1-8H2,(H3,16,17,18,19). The van der Waals surface area contributed by atoms with Crippen LogP contribution in [0.5, 0.6) is 0 Å². The van der Waals surface area contributed by atoms with Crippen LogP contribution in [0.1, 0.15) is 44.1 Å². The molecule has 0 spiro atoms. The minimum absolute atomic E-state index is 0.212. The summed E-state index contributed by atoms with van der Waals surface area (Å²) >= 11 is 0. The summed E-state index contributed by atoms with van der Waals surface area (Å²) in [5, 5.41) is 11.8. The predicted molar refractivity (Wildman–Crippen MR) is 77.1 cm³/mol. The molecular weight excluding hydrogens is 254 g/mol. The lowest BCUT2D eigenvalue weighted by atomic mass is 9.98. The van der Waals surface area contributed by atoms with Crippen LogP contribution in [0.25, 0.3) is 0 Å². The van der Waals surface area contributed by atoms with Gasteiger partial charge in [0.1, 0.15) is 17.5 Å². The number of nitrogens with one attached hydrogen (secondary N) is 1. The van der Waals surface area contributed by atoms with Crippen molar-refractivity contribution in [2.24, 2.45) is 0 Å². The Hall–Kier alpha value is -1.87. The highest BCUT2D eigenvalue weighted by Gasteiger charge is 2.12. The molecule has 0 saturated heterocycles. The van der Waals surface area contributed by atoms with E-state index in [0.29, 0.717) is 17.6 Å². The molecule has 6 nitrogen and oxygen atoms in total. The monoisotopic (exact) mass is 275 g/mol. The second kappa shape index (κ2) is 7.65. The van der Waals surface area contributed by atoms with E-state index in [-0.39, 0.29) is 5.82 Å². The molecule has 6 heteroatoms. The Morgan fingerprint density at radius 1 is 1.40 bits per heavy atom. The quantitative estimate of drug-likeness (QED) is 0.771. The van der Waals surface area contributed by atoms with Crippen LogP contribution in [0.3, 0.4) is 0 Å². The van der Waals surface area contributed by atoms with Gasteiger partial charge in [-0.2, -0.15) is 10.2 Å². The van der Waals surface area contributed by atoms with Crippen molar-refractivity contribution < 1.29 is 4.74 Å². The first-order valence-electron chi connectivity index (χ1n) is 7.17. The number of anilines is 2. The number of aromatic nitrogens is 2. The summed E-state index contributed by atoms with van der Waals surface area (Å²) in [5.74, 6) is 0.669. The van der Waals surface area contributed by atoms with Crippen molar-refractivity contribution in [3.05, 3.63) is 11.8 Å². The maximum absolute atomic E-state index is 8.73. The van der Waals surface area contributed by atoms with Gasteiger partial charge in [0.15, 0.2) is 0 Å². The van der Waals surface area contributed by atoms with E-state index in [0.717, 1.165) is 19.6 Å². The fourth-order valence-corrected chi connectivity index (χ4v) is 2.32. The zero-order chi connectivity index (χ0) is 14.2. The Bertz CT molecular complexity index is 465. The minimum atomic E-state index is 0.212. The van der Waals surface area contributed by atoms with Gasteiger partial charge in [-0.05, 0) is 19.3 Å². The van der Waals surface area contributed by atoms with E-state index in [1.54, 1.807) is 0 Å². The largest absolute Gasteiger partial charge is 0.382 e. The molecule has 0 amide bonds. The lowest BCUT2D eigenvalue weighted by molar-refractivity contribution is 0.0284. The average molecular weight is 275 g/mol. The highest BCUT2D eigenvalue weighted by Crippen LogP contribution is 2.20. The first kappa shape index (κ1) is 14.5. The van der Waals surface area contributed by atoms with E-state index in [9.17, 15) is 0 Å². The van der Waals surface area contributed by atoms with Crippen LogP contribution in [-0.2, 0) is 4.74 Å². The lowest BCUT2D eigenvalue weighted by Crippen LogP contribution is -2.18. The van der Waals surface area contributed by atoms with Gasteiger partial charge in [-0.15, -0.1) is 0 Å². The maximum atomic E-state index is 8.73. The van der Waals surface area contributed by atoms with Crippen molar-refractivity contribution in [3.8, 4) is 6.07 Å². The molecule has 0 radical (unpaired) electrons. The average Bonchev–Trinajstić information content (AvgIpc) is 2.48. The minimum Gasteiger partial charge on any atom is -0.382 e. The van der Waals surface area contributed by atoms with E-state index < -0.39 is 0 Å². The topological polar surface area (TPSA) is 96.8 Å². The third kappa shape index (κ3) is 4.35. The summed E-state index contributed by atoms with van der Waals surface area (Å²) in [6, 6.07) is 1.94. The molecule has 0 aliphatic heterocycles. The second-order valence-corrected chi connectivity index (χ2v) is 5.02. The number of nitriles is 1. The first-order valence-corrected chi connectivity index (χ1v) is 7.17. The van der Waals surface area contributed by atoms with Crippen molar-refractivity contribution in [1.82, 2.24) is 9.97 Å². The highest BCUT2D eigenvalue weighted by molar-refractivity contribution is 5.49. The van der Waals surface area contributed by atoms with Gasteiger partial charge in [-0.25, -0.2) is 4.98 Å². The molecule has 0 bridgehead atoms. The summed E-state index contributed by atoms with van der Waals surface area (Å²) in [6.07, 6.45) is 9.11. The van der Waals surface area contributed by atoms with Crippen molar-refractivity contribution >= 4 is 11.8 Å². The Labute approximate surface area is 119 Å². The van der Waals surface area contributed by atoms with E-state index in [1.165, 1.54) is 38.3 Å². The van der Waals surface area contributed by atoms with Crippen LogP contribution < -0.4 is 11.1 Å². The molecule has 1 heterocycles. The van der Waals surface area contributed by atoms with Crippen LogP contribution in [-0.4, -0.2) is 29.2 Å². The highest BCUT2D eigenvalue weighted by atomic mass is 16.5. The van der Waals surface area contributed by atoms with E-state index in [4.69, 9.17) is 15.7 Å². The SMILES string of the molecule is N#Cc1cnc(NCCCOC2CCCCC2)nc1N. The predicted octanol–water partition coefficient (Wildman–Crippen LogP) is 2.08. The van der Waals surface area contributed by atoms with Gasteiger partial charge in [-0.3, -0.25) is 0 Å². The van der Waals surface area contributed by atoms with Crippen LogP contribution in [0.15, 0.2) is 6.20 Å². The molecule has 0 atom stereocenters. The summed E-state index contributed by atoms with van der Waals surface area (Å²) in [4.78, 5) is 8.06. The molecule has 1 aliphatic rings. The Kier molecular flexibility index (Phi) is 5.56. The van der Waals surface area contributed by atoms with Gasteiger partial charge in [0, 0.05) is 13.2 Å². The Balaban J connectivity index is 1.63. The lowest BCUT2D eigenvalue weighted by Gasteiger charge is -2.21. The third-order valence-electron chi connectivity index (χ3n) is 3.45. The van der Waals surface area contributed by atoms with Crippen LogP contribution in [0.2, 0.25) is 0 Å². The number of hydrogen-bond acceptors (Lipinski definition) is 6. The van der Waals surface area contributed by atoms with Crippen molar-refractivity contribution in [2.45, 2.75) is 44.6 Å². The second-order valence-electron chi connectivity index (χ2n) is 5.02. The molecule has 1 aliphatic carbocycles. The van der Waals surface area contributed by atoms with Gasteiger partial charge in [0.2, 0.25) is 5.95 Å². The number of nitrogen functional groups attached to an aromatic ring is 1. The number of hydrogen-bond donors (Lipinski definition) is 2. The molecule has 1 fully saturated rings. The van der Waals surface area contributed by atoms with Gasteiger partial charge in [-0.1, -0.05) is 19.3 Å². The van der Waals surface area contributed by atoms with Crippen molar-refractivity contribution in [2.75, 3.05) is 24.2 Å². The molecule has 108 valence electrons. The summed E-state index contributed by atoms with van der Waals surface area (Å²) < 4.78 is 5.83. The number of ether oxygens (including phenoxy) is 1. The van der Waals surface area contributed by atoms with Crippen molar-refractivity contribution in [1.29, 1.82) is 5.26 Å². The number of rotatable bonds is 6. The van der Waals surface area contributed by atoms with Crippen LogP contribution >= 0.6 is 0 Å². The Morgan fingerprint density at radius 2 is 2.20 bits per heavy atom.